The number of imidazole rings is 1. The zero-order chi connectivity index (χ0) is 22.3. The molecule has 0 N–H and O–H groups in total. The number of hydrogen-bond donors (Lipinski definition) is 0. The Bertz CT molecular complexity index is 1280. The van der Waals surface area contributed by atoms with Crippen LogP contribution in [0, 0.1) is 0 Å². The Balaban J connectivity index is 1.99. The molecule has 0 radical (unpaired) electrons. The number of aromatic nitrogens is 4. The Kier molecular flexibility index (Phi) is 5.00. The number of hydrogen-bond acceptors (Lipinski definition) is 5. The van der Waals surface area contributed by atoms with Crippen molar-refractivity contribution in [1.82, 2.24) is 19.1 Å². The molecule has 0 bridgehead atoms. The summed E-state index contributed by atoms with van der Waals surface area (Å²) >= 11 is 0. The van der Waals surface area contributed by atoms with Crippen LogP contribution in [0.2, 0.25) is 0 Å². The molecule has 160 valence electrons. The number of carbonyl (C=O) groups is 2. The molecule has 0 aliphatic heterocycles. The number of rotatable bonds is 4. The predicted molar refractivity (Wildman–Crippen MR) is 120 cm³/mol. The quantitative estimate of drug-likeness (QED) is 0.464. The van der Waals surface area contributed by atoms with Crippen molar-refractivity contribution in [3.8, 4) is 11.3 Å². The molecule has 0 saturated carbocycles. The molecule has 0 atom stereocenters. The molecule has 0 saturated heterocycles. The molecule has 1 aromatic carbocycles. The maximum atomic E-state index is 12.7. The lowest BCUT2D eigenvalue weighted by Gasteiger charge is -2.24. The summed E-state index contributed by atoms with van der Waals surface area (Å²) in [5, 5.41) is 0.858. The molecule has 1 amide bonds. The molecule has 0 unspecified atom stereocenters. The highest BCUT2D eigenvalue weighted by Crippen LogP contribution is 2.35. The van der Waals surface area contributed by atoms with Gasteiger partial charge in [0.25, 0.3) is 0 Å². The van der Waals surface area contributed by atoms with Gasteiger partial charge in [-0.2, -0.15) is 0 Å². The molecule has 0 aliphatic rings. The maximum absolute atomic E-state index is 12.7. The van der Waals surface area contributed by atoms with Crippen molar-refractivity contribution in [1.29, 1.82) is 0 Å². The first-order chi connectivity index (χ1) is 14.7. The fourth-order valence-electron chi connectivity index (χ4n) is 3.66. The number of benzene rings is 1. The number of nitrogens with zero attached hydrogens (tertiary/aromatic N) is 5. The molecule has 3 heterocycles. The molecular weight excluding hydrogens is 394 g/mol. The molecule has 4 aromatic rings. The Hall–Kier alpha value is -3.68. The average molecular weight is 419 g/mol. The van der Waals surface area contributed by atoms with E-state index in [1.165, 1.54) is 4.90 Å². The highest BCUT2D eigenvalue weighted by molar-refractivity contribution is 6.10. The van der Waals surface area contributed by atoms with Crippen molar-refractivity contribution in [3.63, 3.8) is 0 Å². The van der Waals surface area contributed by atoms with E-state index in [1.807, 2.05) is 73.4 Å². The SMILES string of the molecule is CN(C(=O)OC(C)(C)C)c1nc2c(cc(-c3ccccc3)n2CC=O)c2c1ncn2C. The first kappa shape index (κ1) is 20.6. The number of aldehydes is 1. The summed E-state index contributed by atoms with van der Waals surface area (Å²) in [7, 11) is 3.51. The second-order valence-electron chi connectivity index (χ2n) is 8.44. The van der Waals surface area contributed by atoms with Gasteiger partial charge < -0.3 is 18.7 Å². The van der Waals surface area contributed by atoms with Gasteiger partial charge in [-0.15, -0.1) is 0 Å². The van der Waals surface area contributed by atoms with Crippen LogP contribution in [0.5, 0.6) is 0 Å². The third kappa shape index (κ3) is 3.65. The van der Waals surface area contributed by atoms with Gasteiger partial charge in [-0.05, 0) is 32.4 Å². The predicted octanol–water partition coefficient (Wildman–Crippen LogP) is 4.16. The minimum absolute atomic E-state index is 0.139. The normalized spacial score (nSPS) is 11.8. The van der Waals surface area contributed by atoms with Crippen molar-refractivity contribution >= 4 is 40.3 Å². The Morgan fingerprint density at radius 2 is 1.94 bits per heavy atom. The third-order valence-electron chi connectivity index (χ3n) is 5.00. The summed E-state index contributed by atoms with van der Waals surface area (Å²) in [5.74, 6) is 0.377. The summed E-state index contributed by atoms with van der Waals surface area (Å²) in [6, 6.07) is 11.8. The standard InChI is InChI=1S/C23H25N5O3/c1-23(2,3)31-22(30)27(5)21-18-19(26(4)14-24-18)16-13-17(15-9-7-6-8-10-15)28(11-12-29)20(16)25-21/h6-10,12-14H,11H2,1-5H3. The van der Waals surface area contributed by atoms with E-state index in [0.29, 0.717) is 17.0 Å². The summed E-state index contributed by atoms with van der Waals surface area (Å²) in [6.45, 7) is 5.58. The van der Waals surface area contributed by atoms with E-state index in [9.17, 15) is 9.59 Å². The smallest absolute Gasteiger partial charge is 0.415 e. The minimum Gasteiger partial charge on any atom is -0.443 e. The van der Waals surface area contributed by atoms with Gasteiger partial charge in [0.2, 0.25) is 0 Å². The summed E-state index contributed by atoms with van der Waals surface area (Å²) in [5.41, 5.74) is 3.22. The fraction of sp³-hybridized carbons (Fsp3) is 0.304. The highest BCUT2D eigenvalue weighted by Gasteiger charge is 2.26. The van der Waals surface area contributed by atoms with Crippen LogP contribution >= 0.6 is 0 Å². The molecule has 3 aromatic heterocycles. The zero-order valence-electron chi connectivity index (χ0n) is 18.3. The fourth-order valence-corrected chi connectivity index (χ4v) is 3.66. The van der Waals surface area contributed by atoms with Gasteiger partial charge in [-0.1, -0.05) is 30.3 Å². The molecule has 0 spiro atoms. The lowest BCUT2D eigenvalue weighted by molar-refractivity contribution is -0.108. The first-order valence-corrected chi connectivity index (χ1v) is 10.0. The average Bonchev–Trinajstić information content (AvgIpc) is 3.27. The lowest BCUT2D eigenvalue weighted by Crippen LogP contribution is -2.34. The molecule has 0 aliphatic carbocycles. The molecular formula is C23H25N5O3. The van der Waals surface area contributed by atoms with E-state index in [0.717, 1.165) is 28.4 Å². The van der Waals surface area contributed by atoms with Gasteiger partial charge in [0, 0.05) is 19.5 Å². The zero-order valence-corrected chi connectivity index (χ0v) is 18.3. The topological polar surface area (TPSA) is 82.2 Å². The molecule has 4 rings (SSSR count). The number of aryl methyl sites for hydroxylation is 1. The van der Waals surface area contributed by atoms with Crippen LogP contribution in [0.1, 0.15) is 20.8 Å². The van der Waals surface area contributed by atoms with Gasteiger partial charge in [0.1, 0.15) is 23.1 Å². The Morgan fingerprint density at radius 1 is 1.23 bits per heavy atom. The van der Waals surface area contributed by atoms with E-state index >= 15 is 0 Å². The monoisotopic (exact) mass is 419 g/mol. The maximum Gasteiger partial charge on any atom is 0.415 e. The summed E-state index contributed by atoms with van der Waals surface area (Å²) in [4.78, 5) is 34.9. The number of fused-ring (bicyclic) bond motifs is 3. The first-order valence-electron chi connectivity index (χ1n) is 10.0. The van der Waals surface area contributed by atoms with Crippen LogP contribution in [-0.4, -0.2) is 44.1 Å². The molecule has 8 nitrogen and oxygen atoms in total. The van der Waals surface area contributed by atoms with Crippen LogP contribution in [0.4, 0.5) is 10.6 Å². The molecule has 0 fully saturated rings. The van der Waals surface area contributed by atoms with Crippen molar-refractivity contribution in [2.45, 2.75) is 32.9 Å². The second-order valence-corrected chi connectivity index (χ2v) is 8.44. The van der Waals surface area contributed by atoms with E-state index in [2.05, 4.69) is 4.98 Å². The lowest BCUT2D eigenvalue weighted by atomic mass is 10.1. The van der Waals surface area contributed by atoms with E-state index < -0.39 is 11.7 Å². The van der Waals surface area contributed by atoms with Gasteiger partial charge in [0.15, 0.2) is 5.82 Å². The van der Waals surface area contributed by atoms with Crippen molar-refractivity contribution in [2.75, 3.05) is 11.9 Å². The third-order valence-corrected chi connectivity index (χ3v) is 5.00. The molecule has 8 heteroatoms. The van der Waals surface area contributed by atoms with Crippen LogP contribution in [0.3, 0.4) is 0 Å². The van der Waals surface area contributed by atoms with Gasteiger partial charge in [-0.3, -0.25) is 4.90 Å². The van der Waals surface area contributed by atoms with Gasteiger partial charge >= 0.3 is 6.09 Å². The van der Waals surface area contributed by atoms with E-state index in [1.54, 1.807) is 13.4 Å². The van der Waals surface area contributed by atoms with Crippen LogP contribution in [0.15, 0.2) is 42.7 Å². The largest absolute Gasteiger partial charge is 0.443 e. The van der Waals surface area contributed by atoms with Crippen molar-refractivity contribution in [2.24, 2.45) is 7.05 Å². The Labute approximate surface area is 180 Å². The summed E-state index contributed by atoms with van der Waals surface area (Å²) < 4.78 is 9.28. The second kappa shape index (κ2) is 7.54. The number of ether oxygens (including phenoxy) is 1. The van der Waals surface area contributed by atoms with Crippen LogP contribution in [-0.2, 0) is 23.1 Å². The van der Waals surface area contributed by atoms with E-state index in [4.69, 9.17) is 9.72 Å². The Morgan fingerprint density at radius 3 is 2.58 bits per heavy atom. The van der Waals surface area contributed by atoms with Crippen molar-refractivity contribution < 1.29 is 14.3 Å². The highest BCUT2D eigenvalue weighted by atomic mass is 16.6. The number of pyridine rings is 1. The number of amides is 1. The van der Waals surface area contributed by atoms with Gasteiger partial charge in [-0.25, -0.2) is 14.8 Å². The molecule has 31 heavy (non-hydrogen) atoms. The van der Waals surface area contributed by atoms with Gasteiger partial charge in [0.05, 0.1) is 24.1 Å². The van der Waals surface area contributed by atoms with Crippen LogP contribution < -0.4 is 4.90 Å². The number of anilines is 1. The van der Waals surface area contributed by atoms with E-state index in [-0.39, 0.29) is 6.54 Å². The minimum atomic E-state index is -0.642. The van der Waals surface area contributed by atoms with Crippen molar-refractivity contribution in [3.05, 3.63) is 42.7 Å². The summed E-state index contributed by atoms with van der Waals surface area (Å²) in [6.07, 6.45) is 2.01. The van der Waals surface area contributed by atoms with Crippen LogP contribution in [0.25, 0.3) is 33.3 Å². The number of carbonyl (C=O) groups excluding carboxylic acids is 2.